The Morgan fingerprint density at radius 3 is 2.74 bits per heavy atom. The highest BCUT2D eigenvalue weighted by Gasteiger charge is 2.23. The van der Waals surface area contributed by atoms with Gasteiger partial charge >= 0.3 is 0 Å². The van der Waals surface area contributed by atoms with Crippen LogP contribution in [0.5, 0.6) is 0 Å². The summed E-state index contributed by atoms with van der Waals surface area (Å²) in [4.78, 5) is 14.8. The van der Waals surface area contributed by atoms with Gasteiger partial charge in [0.1, 0.15) is 0 Å². The number of nitrogens with zero attached hydrogens (tertiary/aromatic N) is 1. The van der Waals surface area contributed by atoms with Crippen molar-refractivity contribution in [2.75, 3.05) is 26.3 Å². The molecule has 0 aliphatic carbocycles. The van der Waals surface area contributed by atoms with Crippen LogP contribution in [0.15, 0.2) is 18.2 Å². The predicted octanol–water partition coefficient (Wildman–Crippen LogP) is 2.60. The number of aryl methyl sites for hydroxylation is 2. The second-order valence-corrected chi connectivity index (χ2v) is 5.34. The van der Waals surface area contributed by atoms with Crippen LogP contribution in [-0.4, -0.2) is 43.0 Å². The lowest BCUT2D eigenvalue weighted by Crippen LogP contribution is -2.40. The van der Waals surface area contributed by atoms with Crippen molar-refractivity contribution in [2.24, 2.45) is 0 Å². The second kappa shape index (κ2) is 6.31. The summed E-state index contributed by atoms with van der Waals surface area (Å²) in [5.74, 6) is 0.213. The van der Waals surface area contributed by atoms with E-state index in [0.717, 1.165) is 38.3 Å². The normalized spacial score (nSPS) is 18.9. The predicted molar refractivity (Wildman–Crippen MR) is 76.7 cm³/mol. The average Bonchev–Trinajstić information content (AvgIpc) is 2.69. The molecule has 1 unspecified atom stereocenters. The average molecular weight is 261 g/mol. The van der Waals surface area contributed by atoms with Crippen molar-refractivity contribution in [1.82, 2.24) is 4.90 Å². The van der Waals surface area contributed by atoms with Crippen LogP contribution in [0.2, 0.25) is 0 Å². The van der Waals surface area contributed by atoms with Gasteiger partial charge in [0.2, 0.25) is 0 Å². The number of hydrogen-bond acceptors (Lipinski definition) is 3. The molecule has 1 saturated heterocycles. The van der Waals surface area contributed by atoms with E-state index in [1.54, 1.807) is 0 Å². The number of Topliss-reactive ketones (excluding diaryl/α,β-unsaturated/α-hetero) is 1. The van der Waals surface area contributed by atoms with Crippen molar-refractivity contribution >= 4 is 5.78 Å². The fourth-order valence-electron chi connectivity index (χ4n) is 2.45. The Balaban J connectivity index is 2.10. The molecule has 1 aliphatic rings. The number of carbonyl (C=O) groups is 1. The van der Waals surface area contributed by atoms with E-state index in [1.807, 2.05) is 25.1 Å². The molecule has 1 atom stereocenters. The van der Waals surface area contributed by atoms with Crippen LogP contribution in [0, 0.1) is 13.8 Å². The zero-order valence-corrected chi connectivity index (χ0v) is 12.1. The van der Waals surface area contributed by atoms with Crippen LogP contribution in [0.3, 0.4) is 0 Å². The van der Waals surface area contributed by atoms with Gasteiger partial charge in [-0.3, -0.25) is 9.69 Å². The molecule has 1 aliphatic heterocycles. The van der Waals surface area contributed by atoms with Gasteiger partial charge in [-0.1, -0.05) is 12.1 Å². The molecule has 1 aromatic rings. The van der Waals surface area contributed by atoms with Crippen molar-refractivity contribution in [3.05, 3.63) is 34.9 Å². The summed E-state index contributed by atoms with van der Waals surface area (Å²) in [6, 6.07) is 5.91. The zero-order chi connectivity index (χ0) is 13.8. The third-order valence-corrected chi connectivity index (χ3v) is 3.98. The minimum absolute atomic E-state index is 0.0659. The number of rotatable bonds is 3. The number of carbonyl (C=O) groups excluding carboxylic acids is 1. The molecule has 104 valence electrons. The molecular formula is C16H23NO2. The van der Waals surface area contributed by atoms with Gasteiger partial charge in [-0.05, 0) is 44.4 Å². The summed E-state index contributed by atoms with van der Waals surface area (Å²) >= 11 is 0. The maximum absolute atomic E-state index is 12.5. The first-order chi connectivity index (χ1) is 9.09. The Hall–Kier alpha value is -1.19. The van der Waals surface area contributed by atoms with Gasteiger partial charge in [-0.25, -0.2) is 0 Å². The van der Waals surface area contributed by atoms with Crippen molar-refractivity contribution in [3.63, 3.8) is 0 Å². The summed E-state index contributed by atoms with van der Waals surface area (Å²) in [7, 11) is 0. The first-order valence-corrected chi connectivity index (χ1v) is 7.03. The summed E-state index contributed by atoms with van der Waals surface area (Å²) in [6.45, 7) is 9.44. The molecule has 3 nitrogen and oxygen atoms in total. The van der Waals surface area contributed by atoms with Crippen LogP contribution < -0.4 is 0 Å². The van der Waals surface area contributed by atoms with Gasteiger partial charge in [0.25, 0.3) is 0 Å². The lowest BCUT2D eigenvalue weighted by Gasteiger charge is -2.26. The molecule has 1 heterocycles. The van der Waals surface area contributed by atoms with Gasteiger partial charge in [0.15, 0.2) is 5.78 Å². The van der Waals surface area contributed by atoms with Crippen LogP contribution in [0.4, 0.5) is 0 Å². The van der Waals surface area contributed by atoms with E-state index in [4.69, 9.17) is 4.74 Å². The molecule has 0 saturated carbocycles. The number of ether oxygens (including phenoxy) is 1. The molecule has 0 N–H and O–H groups in total. The van der Waals surface area contributed by atoms with Gasteiger partial charge < -0.3 is 4.74 Å². The summed E-state index contributed by atoms with van der Waals surface area (Å²) in [5, 5.41) is 0. The fraction of sp³-hybridized carbons (Fsp3) is 0.562. The minimum atomic E-state index is -0.0659. The Labute approximate surface area is 115 Å². The Bertz CT molecular complexity index is 448. The molecule has 0 amide bonds. The van der Waals surface area contributed by atoms with E-state index >= 15 is 0 Å². The zero-order valence-electron chi connectivity index (χ0n) is 12.1. The smallest absolute Gasteiger partial charge is 0.179 e. The molecule has 0 radical (unpaired) electrons. The van der Waals surface area contributed by atoms with E-state index in [2.05, 4.69) is 18.7 Å². The quantitative estimate of drug-likeness (QED) is 0.783. The molecule has 3 heteroatoms. The lowest BCUT2D eigenvalue weighted by atomic mass is 9.99. The molecule has 0 spiro atoms. The second-order valence-electron chi connectivity index (χ2n) is 5.34. The Kier molecular flexibility index (Phi) is 4.72. The topological polar surface area (TPSA) is 29.5 Å². The van der Waals surface area contributed by atoms with Crippen LogP contribution in [0.25, 0.3) is 0 Å². The molecular weight excluding hydrogens is 238 g/mol. The van der Waals surface area contributed by atoms with Crippen molar-refractivity contribution in [2.45, 2.75) is 33.2 Å². The summed E-state index contributed by atoms with van der Waals surface area (Å²) < 4.78 is 5.44. The number of benzene rings is 1. The van der Waals surface area contributed by atoms with Crippen LogP contribution in [-0.2, 0) is 4.74 Å². The highest BCUT2D eigenvalue weighted by molar-refractivity contribution is 6.00. The van der Waals surface area contributed by atoms with Crippen LogP contribution in [0.1, 0.15) is 34.8 Å². The maximum Gasteiger partial charge on any atom is 0.179 e. The largest absolute Gasteiger partial charge is 0.380 e. The molecule has 19 heavy (non-hydrogen) atoms. The Morgan fingerprint density at radius 1 is 1.21 bits per heavy atom. The first-order valence-electron chi connectivity index (χ1n) is 7.03. The van der Waals surface area contributed by atoms with Gasteiger partial charge in [0.05, 0.1) is 12.6 Å². The minimum Gasteiger partial charge on any atom is -0.380 e. The van der Waals surface area contributed by atoms with E-state index in [0.29, 0.717) is 0 Å². The van der Waals surface area contributed by atoms with Gasteiger partial charge in [0, 0.05) is 25.3 Å². The molecule has 1 aromatic carbocycles. The van der Waals surface area contributed by atoms with E-state index in [9.17, 15) is 4.79 Å². The third-order valence-electron chi connectivity index (χ3n) is 3.98. The molecule has 0 bridgehead atoms. The van der Waals surface area contributed by atoms with Crippen molar-refractivity contribution in [1.29, 1.82) is 0 Å². The van der Waals surface area contributed by atoms with E-state index < -0.39 is 0 Å². The molecule has 1 fully saturated rings. The Morgan fingerprint density at radius 2 is 2.00 bits per heavy atom. The van der Waals surface area contributed by atoms with E-state index in [1.165, 1.54) is 11.1 Å². The van der Waals surface area contributed by atoms with Crippen molar-refractivity contribution in [3.8, 4) is 0 Å². The van der Waals surface area contributed by atoms with E-state index in [-0.39, 0.29) is 11.8 Å². The third kappa shape index (κ3) is 3.43. The molecule has 0 aromatic heterocycles. The monoisotopic (exact) mass is 261 g/mol. The standard InChI is InChI=1S/C16H23NO2/c1-12-5-6-15(11-13(12)2)16(18)14(3)17-7-4-9-19-10-8-17/h5-6,11,14H,4,7-10H2,1-3H3. The first kappa shape index (κ1) is 14.2. The summed E-state index contributed by atoms with van der Waals surface area (Å²) in [6.07, 6.45) is 1.00. The number of hydrogen-bond donors (Lipinski definition) is 0. The fourth-order valence-corrected chi connectivity index (χ4v) is 2.45. The maximum atomic E-state index is 12.5. The number of ketones is 1. The molecule has 2 rings (SSSR count). The summed E-state index contributed by atoms with van der Waals surface area (Å²) in [5.41, 5.74) is 3.23. The van der Waals surface area contributed by atoms with Crippen LogP contribution >= 0.6 is 0 Å². The highest BCUT2D eigenvalue weighted by atomic mass is 16.5. The highest BCUT2D eigenvalue weighted by Crippen LogP contribution is 2.15. The van der Waals surface area contributed by atoms with Gasteiger partial charge in [-0.15, -0.1) is 0 Å². The van der Waals surface area contributed by atoms with Gasteiger partial charge in [-0.2, -0.15) is 0 Å². The van der Waals surface area contributed by atoms with Crippen molar-refractivity contribution < 1.29 is 9.53 Å². The SMILES string of the molecule is Cc1ccc(C(=O)C(C)N2CCCOCC2)cc1C. The lowest BCUT2D eigenvalue weighted by molar-refractivity contribution is 0.0824.